The molecule has 0 spiro atoms. The minimum atomic E-state index is -3.87. The maximum absolute atomic E-state index is 13.1. The first-order valence-corrected chi connectivity index (χ1v) is 7.06. The second-order valence-electron chi connectivity index (χ2n) is 3.83. The molecule has 0 aliphatic rings. The summed E-state index contributed by atoms with van der Waals surface area (Å²) in [6.45, 7) is 2.25. The van der Waals surface area contributed by atoms with E-state index in [9.17, 15) is 17.6 Å². The van der Waals surface area contributed by atoms with Gasteiger partial charge in [0.15, 0.2) is 9.84 Å². The number of hydrogen-bond acceptors (Lipinski definition) is 4. The van der Waals surface area contributed by atoms with Crippen LogP contribution in [0.1, 0.15) is 13.3 Å². The molecule has 0 radical (unpaired) electrons. The van der Waals surface area contributed by atoms with Crippen LogP contribution in [-0.2, 0) is 14.6 Å². The van der Waals surface area contributed by atoms with Gasteiger partial charge < -0.3 is 11.1 Å². The van der Waals surface area contributed by atoms with Crippen molar-refractivity contribution in [1.82, 2.24) is 5.32 Å². The number of nitrogens with one attached hydrogen (secondary N) is 1. The molecule has 0 atom stereocenters. The van der Waals surface area contributed by atoms with Crippen LogP contribution in [0.25, 0.3) is 0 Å². The molecular weight excluding hydrogens is 259 g/mol. The Morgan fingerprint density at radius 3 is 2.61 bits per heavy atom. The first-order chi connectivity index (χ1) is 8.35. The van der Waals surface area contributed by atoms with E-state index in [1.165, 1.54) is 0 Å². The van der Waals surface area contributed by atoms with Crippen LogP contribution < -0.4 is 11.1 Å². The maximum atomic E-state index is 13.1. The Morgan fingerprint density at radius 1 is 1.39 bits per heavy atom. The summed E-state index contributed by atoms with van der Waals surface area (Å²) in [6.07, 6.45) is 0.707. The van der Waals surface area contributed by atoms with Gasteiger partial charge in [0.05, 0.1) is 4.90 Å². The largest absolute Gasteiger partial charge is 0.399 e. The summed E-state index contributed by atoms with van der Waals surface area (Å²) < 4.78 is 36.7. The van der Waals surface area contributed by atoms with E-state index in [4.69, 9.17) is 5.73 Å². The van der Waals surface area contributed by atoms with Crippen LogP contribution in [0.15, 0.2) is 23.1 Å². The number of benzene rings is 1. The van der Waals surface area contributed by atoms with E-state index in [2.05, 4.69) is 5.32 Å². The molecule has 0 unspecified atom stereocenters. The zero-order valence-electron chi connectivity index (χ0n) is 9.94. The summed E-state index contributed by atoms with van der Waals surface area (Å²) in [5.74, 6) is -2.07. The Kier molecular flexibility index (Phi) is 4.66. The summed E-state index contributed by atoms with van der Waals surface area (Å²) in [5, 5.41) is 2.44. The number of carbonyl (C=O) groups excluding carboxylic acids is 1. The van der Waals surface area contributed by atoms with E-state index >= 15 is 0 Å². The van der Waals surface area contributed by atoms with Crippen LogP contribution >= 0.6 is 0 Å². The average molecular weight is 274 g/mol. The van der Waals surface area contributed by atoms with Crippen LogP contribution in [0.4, 0.5) is 10.1 Å². The molecule has 0 aliphatic carbocycles. The van der Waals surface area contributed by atoms with Crippen molar-refractivity contribution in [2.75, 3.05) is 18.0 Å². The summed E-state index contributed by atoms with van der Waals surface area (Å²) in [5.41, 5.74) is 5.36. The molecule has 0 saturated carbocycles. The van der Waals surface area contributed by atoms with Crippen molar-refractivity contribution in [3.8, 4) is 0 Å². The van der Waals surface area contributed by atoms with Crippen molar-refractivity contribution in [1.29, 1.82) is 0 Å². The van der Waals surface area contributed by atoms with Crippen LogP contribution in [-0.4, -0.2) is 26.6 Å². The summed E-state index contributed by atoms with van der Waals surface area (Å²) in [7, 11) is -3.87. The molecule has 1 aromatic rings. The topological polar surface area (TPSA) is 89.3 Å². The quantitative estimate of drug-likeness (QED) is 0.774. The van der Waals surface area contributed by atoms with Crippen molar-refractivity contribution in [2.45, 2.75) is 18.2 Å². The number of anilines is 1. The zero-order chi connectivity index (χ0) is 13.8. The van der Waals surface area contributed by atoms with Crippen molar-refractivity contribution >= 4 is 21.4 Å². The van der Waals surface area contributed by atoms with Crippen molar-refractivity contribution < 1.29 is 17.6 Å². The summed E-state index contributed by atoms with van der Waals surface area (Å²) in [6, 6.07) is 2.99. The number of carbonyl (C=O) groups is 1. The van der Waals surface area contributed by atoms with Gasteiger partial charge in [0.2, 0.25) is 5.91 Å². The van der Waals surface area contributed by atoms with Gasteiger partial charge in [-0.2, -0.15) is 0 Å². The second-order valence-corrected chi connectivity index (χ2v) is 5.82. The lowest BCUT2D eigenvalue weighted by molar-refractivity contribution is -0.118. The van der Waals surface area contributed by atoms with Crippen molar-refractivity contribution in [3.63, 3.8) is 0 Å². The number of hydrogen-bond donors (Lipinski definition) is 2. The highest BCUT2D eigenvalue weighted by molar-refractivity contribution is 7.92. The van der Waals surface area contributed by atoms with E-state index < -0.39 is 27.3 Å². The van der Waals surface area contributed by atoms with Gasteiger partial charge in [-0.25, -0.2) is 12.8 Å². The average Bonchev–Trinajstić information content (AvgIpc) is 2.24. The molecule has 7 heteroatoms. The lowest BCUT2D eigenvalue weighted by atomic mass is 10.3. The Hall–Kier alpha value is -1.63. The van der Waals surface area contributed by atoms with Gasteiger partial charge in [-0.1, -0.05) is 6.92 Å². The smallest absolute Gasteiger partial charge is 0.235 e. The van der Waals surface area contributed by atoms with Crippen LogP contribution in [0.3, 0.4) is 0 Å². The predicted octanol–water partition coefficient (Wildman–Crippen LogP) is 0.708. The number of nitrogen functional groups attached to an aromatic ring is 1. The fourth-order valence-electron chi connectivity index (χ4n) is 1.34. The Bertz CT molecular complexity index is 523. The third-order valence-corrected chi connectivity index (χ3v) is 3.74. The lowest BCUT2D eigenvalue weighted by Gasteiger charge is -2.06. The highest BCUT2D eigenvalue weighted by Gasteiger charge is 2.20. The standard InChI is InChI=1S/C11H15FN2O3S/c1-2-3-14-11(15)7-18(16,17)10-5-8(12)4-9(13)6-10/h4-6H,2-3,7,13H2,1H3,(H,14,15). The molecule has 100 valence electrons. The molecule has 0 aromatic heterocycles. The van der Waals surface area contributed by atoms with Crippen LogP contribution in [0.2, 0.25) is 0 Å². The highest BCUT2D eigenvalue weighted by atomic mass is 32.2. The fourth-order valence-corrected chi connectivity index (χ4v) is 2.56. The molecule has 0 saturated heterocycles. The number of rotatable bonds is 5. The third-order valence-electron chi connectivity index (χ3n) is 2.15. The number of nitrogens with two attached hydrogens (primary N) is 1. The SMILES string of the molecule is CCCNC(=O)CS(=O)(=O)c1cc(N)cc(F)c1. The van der Waals surface area contributed by atoms with Gasteiger partial charge in [-0.3, -0.25) is 4.79 Å². The van der Waals surface area contributed by atoms with Gasteiger partial charge >= 0.3 is 0 Å². The van der Waals surface area contributed by atoms with Crippen molar-refractivity contribution in [2.24, 2.45) is 0 Å². The third kappa shape index (κ3) is 3.99. The van der Waals surface area contributed by atoms with Gasteiger partial charge in [0, 0.05) is 12.2 Å². The summed E-state index contributed by atoms with van der Waals surface area (Å²) >= 11 is 0. The van der Waals surface area contributed by atoms with Gasteiger partial charge in [-0.15, -0.1) is 0 Å². The molecule has 1 aromatic carbocycles. The molecule has 1 rings (SSSR count). The molecule has 0 aliphatic heterocycles. The molecule has 0 heterocycles. The lowest BCUT2D eigenvalue weighted by Crippen LogP contribution is -2.30. The Morgan fingerprint density at radius 2 is 2.06 bits per heavy atom. The van der Waals surface area contributed by atoms with Gasteiger partial charge in [0.25, 0.3) is 0 Å². The first-order valence-electron chi connectivity index (χ1n) is 5.40. The van der Waals surface area contributed by atoms with Gasteiger partial charge in [0.1, 0.15) is 11.6 Å². The van der Waals surface area contributed by atoms with E-state index in [0.29, 0.717) is 13.0 Å². The number of amides is 1. The van der Waals surface area contributed by atoms with Crippen molar-refractivity contribution in [3.05, 3.63) is 24.0 Å². The molecule has 3 N–H and O–H groups in total. The predicted molar refractivity (Wildman–Crippen MR) is 66.2 cm³/mol. The van der Waals surface area contributed by atoms with E-state index in [0.717, 1.165) is 18.2 Å². The van der Waals surface area contributed by atoms with Crippen LogP contribution in [0, 0.1) is 5.82 Å². The Labute approximate surface area is 105 Å². The minimum absolute atomic E-state index is 0.00235. The highest BCUT2D eigenvalue weighted by Crippen LogP contribution is 2.17. The second kappa shape index (κ2) is 5.81. The zero-order valence-corrected chi connectivity index (χ0v) is 10.8. The normalized spacial score (nSPS) is 11.2. The van der Waals surface area contributed by atoms with E-state index in [1.807, 2.05) is 6.92 Å². The molecule has 1 amide bonds. The Balaban J connectivity index is 2.89. The van der Waals surface area contributed by atoms with E-state index in [1.54, 1.807) is 0 Å². The molecule has 0 fully saturated rings. The molecule has 0 bridgehead atoms. The molecule has 18 heavy (non-hydrogen) atoms. The summed E-state index contributed by atoms with van der Waals surface area (Å²) in [4.78, 5) is 11.1. The fraction of sp³-hybridized carbons (Fsp3) is 0.364. The monoisotopic (exact) mass is 274 g/mol. The maximum Gasteiger partial charge on any atom is 0.235 e. The number of sulfone groups is 1. The molecular formula is C11H15FN2O3S. The minimum Gasteiger partial charge on any atom is -0.399 e. The van der Waals surface area contributed by atoms with Crippen LogP contribution in [0.5, 0.6) is 0 Å². The number of halogens is 1. The molecule has 5 nitrogen and oxygen atoms in total. The first kappa shape index (κ1) is 14.4. The van der Waals surface area contributed by atoms with Gasteiger partial charge in [-0.05, 0) is 24.6 Å². The van der Waals surface area contributed by atoms with E-state index in [-0.39, 0.29) is 10.6 Å².